The number of halogens is 2. The minimum absolute atomic E-state index is 0.0971. The summed E-state index contributed by atoms with van der Waals surface area (Å²) in [4.78, 5) is 28.8. The number of piperidine rings is 1. The van der Waals surface area contributed by atoms with Crippen molar-refractivity contribution in [2.45, 2.75) is 38.1 Å². The van der Waals surface area contributed by atoms with Gasteiger partial charge in [0.1, 0.15) is 0 Å². The fourth-order valence-electron chi connectivity index (χ4n) is 4.48. The number of rotatable bonds is 6. The highest BCUT2D eigenvalue weighted by Gasteiger charge is 2.33. The van der Waals surface area contributed by atoms with Crippen LogP contribution in [0, 0.1) is 5.92 Å². The summed E-state index contributed by atoms with van der Waals surface area (Å²) in [6.07, 6.45) is 4.48. The molecule has 2 fully saturated rings. The number of amides is 3. The molecular formula is C24H27BrClN3O2. The summed E-state index contributed by atoms with van der Waals surface area (Å²) in [6, 6.07) is 14.7. The van der Waals surface area contributed by atoms with Gasteiger partial charge in [0.05, 0.1) is 5.69 Å². The van der Waals surface area contributed by atoms with Crippen LogP contribution < -0.4 is 10.2 Å². The number of hydrogen-bond donors (Lipinski definition) is 1. The summed E-state index contributed by atoms with van der Waals surface area (Å²) in [5, 5.41) is 3.79. The zero-order chi connectivity index (χ0) is 21.8. The van der Waals surface area contributed by atoms with Crippen LogP contribution in [0.4, 0.5) is 10.5 Å². The Morgan fingerprint density at radius 1 is 1.06 bits per heavy atom. The maximum atomic E-state index is 12.6. The number of urea groups is 1. The third-order valence-electron chi connectivity index (χ3n) is 6.23. The Morgan fingerprint density at radius 2 is 1.81 bits per heavy atom. The van der Waals surface area contributed by atoms with Gasteiger partial charge < -0.3 is 10.2 Å². The second-order valence-corrected chi connectivity index (χ2v) is 9.72. The van der Waals surface area contributed by atoms with Gasteiger partial charge in [0.25, 0.3) is 0 Å². The maximum Gasteiger partial charge on any atom is 0.328 e. The van der Waals surface area contributed by atoms with Crippen molar-refractivity contribution in [3.8, 4) is 0 Å². The van der Waals surface area contributed by atoms with Crippen LogP contribution in [-0.4, -0.2) is 42.5 Å². The van der Waals surface area contributed by atoms with Gasteiger partial charge >= 0.3 is 6.03 Å². The first kappa shape index (κ1) is 22.3. The Labute approximate surface area is 196 Å². The van der Waals surface area contributed by atoms with Gasteiger partial charge in [-0.15, -0.1) is 0 Å². The van der Waals surface area contributed by atoms with E-state index in [1.807, 2.05) is 30.3 Å². The van der Waals surface area contributed by atoms with Gasteiger partial charge in [0, 0.05) is 28.5 Å². The summed E-state index contributed by atoms with van der Waals surface area (Å²) in [6.45, 7) is 3.00. The second kappa shape index (κ2) is 10.2. The molecule has 2 heterocycles. The second-order valence-electron chi connectivity index (χ2n) is 8.43. The molecule has 0 aromatic heterocycles. The lowest BCUT2D eigenvalue weighted by Gasteiger charge is -2.35. The SMILES string of the molecule is O=C1CC(CCN2CCC(Cc3cc(Cl)ccc3Br)CC2)NC(=O)N1c1ccccc1. The van der Waals surface area contributed by atoms with Crippen molar-refractivity contribution in [2.24, 2.45) is 5.92 Å². The van der Waals surface area contributed by atoms with E-state index >= 15 is 0 Å². The van der Waals surface area contributed by atoms with E-state index < -0.39 is 0 Å². The van der Waals surface area contributed by atoms with Crippen molar-refractivity contribution in [3.63, 3.8) is 0 Å². The van der Waals surface area contributed by atoms with E-state index in [2.05, 4.69) is 32.2 Å². The summed E-state index contributed by atoms with van der Waals surface area (Å²) in [5.74, 6) is 0.521. The quantitative estimate of drug-likeness (QED) is 0.584. The molecule has 5 nitrogen and oxygen atoms in total. The standard InChI is InChI=1S/C24H27BrClN3O2/c25-22-7-6-19(26)15-18(22)14-17-8-11-28(12-9-17)13-10-20-16-23(30)29(24(31)27-20)21-4-2-1-3-5-21/h1-7,15,17,20H,8-14,16H2,(H,27,31). The van der Waals surface area contributed by atoms with E-state index in [4.69, 9.17) is 11.6 Å². The monoisotopic (exact) mass is 503 g/mol. The lowest BCUT2D eigenvalue weighted by atomic mass is 9.90. The number of carbonyl (C=O) groups excluding carboxylic acids is 2. The molecule has 1 unspecified atom stereocenters. The third kappa shape index (κ3) is 5.68. The number of likely N-dealkylation sites (tertiary alicyclic amines) is 1. The van der Waals surface area contributed by atoms with Gasteiger partial charge in [0.2, 0.25) is 5.91 Å². The van der Waals surface area contributed by atoms with Crippen molar-refractivity contribution < 1.29 is 9.59 Å². The van der Waals surface area contributed by atoms with Crippen molar-refractivity contribution in [1.29, 1.82) is 0 Å². The molecule has 1 N–H and O–H groups in total. The average molecular weight is 505 g/mol. The highest BCUT2D eigenvalue weighted by Crippen LogP contribution is 2.28. The van der Waals surface area contributed by atoms with Gasteiger partial charge in [-0.1, -0.05) is 45.7 Å². The lowest BCUT2D eigenvalue weighted by Crippen LogP contribution is -2.55. The van der Waals surface area contributed by atoms with E-state index in [0.717, 1.165) is 54.8 Å². The minimum Gasteiger partial charge on any atom is -0.334 e. The molecule has 0 saturated carbocycles. The Bertz CT molecular complexity index is 914. The average Bonchev–Trinajstić information content (AvgIpc) is 2.76. The molecule has 2 aromatic carbocycles. The Balaban J connectivity index is 1.23. The van der Waals surface area contributed by atoms with E-state index in [1.165, 1.54) is 10.5 Å². The van der Waals surface area contributed by atoms with E-state index in [-0.39, 0.29) is 18.0 Å². The summed E-state index contributed by atoms with van der Waals surface area (Å²) in [5.41, 5.74) is 1.90. The largest absolute Gasteiger partial charge is 0.334 e. The highest BCUT2D eigenvalue weighted by atomic mass is 79.9. The van der Waals surface area contributed by atoms with Crippen molar-refractivity contribution in [1.82, 2.24) is 10.2 Å². The van der Waals surface area contributed by atoms with E-state index in [9.17, 15) is 9.59 Å². The molecule has 0 radical (unpaired) electrons. The molecule has 4 rings (SSSR count). The summed E-state index contributed by atoms with van der Waals surface area (Å²) < 4.78 is 1.13. The molecule has 0 bridgehead atoms. The van der Waals surface area contributed by atoms with Gasteiger partial charge in [-0.25, -0.2) is 9.69 Å². The molecule has 1 atom stereocenters. The van der Waals surface area contributed by atoms with Crippen molar-refractivity contribution >= 4 is 45.2 Å². The fraction of sp³-hybridized carbons (Fsp3) is 0.417. The van der Waals surface area contributed by atoms with Gasteiger partial charge in [0.15, 0.2) is 0 Å². The molecular weight excluding hydrogens is 478 g/mol. The van der Waals surface area contributed by atoms with Crippen LogP contribution in [-0.2, 0) is 11.2 Å². The third-order valence-corrected chi connectivity index (χ3v) is 7.24. The molecule has 164 valence electrons. The van der Waals surface area contributed by atoms with Crippen LogP contribution in [0.3, 0.4) is 0 Å². The first-order chi connectivity index (χ1) is 15.0. The van der Waals surface area contributed by atoms with Crippen LogP contribution in [0.1, 0.15) is 31.2 Å². The Hall–Kier alpha value is -1.89. The van der Waals surface area contributed by atoms with E-state index in [0.29, 0.717) is 18.0 Å². The smallest absolute Gasteiger partial charge is 0.328 e. The molecule has 7 heteroatoms. The number of anilines is 1. The number of nitrogens with one attached hydrogen (secondary N) is 1. The van der Waals surface area contributed by atoms with Gasteiger partial charge in [-0.2, -0.15) is 0 Å². The molecule has 31 heavy (non-hydrogen) atoms. The predicted octanol–water partition coefficient (Wildman–Crippen LogP) is 5.26. The molecule has 2 saturated heterocycles. The van der Waals surface area contributed by atoms with Crippen LogP contribution in [0.2, 0.25) is 5.02 Å². The van der Waals surface area contributed by atoms with Crippen molar-refractivity contribution in [3.05, 3.63) is 63.6 Å². The molecule has 2 aromatic rings. The van der Waals surface area contributed by atoms with Gasteiger partial charge in [-0.05, 0) is 80.6 Å². The normalized spacial score (nSPS) is 20.7. The Morgan fingerprint density at radius 3 is 2.52 bits per heavy atom. The van der Waals surface area contributed by atoms with E-state index in [1.54, 1.807) is 12.1 Å². The predicted molar refractivity (Wildman–Crippen MR) is 128 cm³/mol. The minimum atomic E-state index is -0.321. The number of nitrogens with zero attached hydrogens (tertiary/aromatic N) is 2. The zero-order valence-electron chi connectivity index (χ0n) is 17.4. The van der Waals surface area contributed by atoms with Crippen LogP contribution in [0.25, 0.3) is 0 Å². The van der Waals surface area contributed by atoms with Crippen molar-refractivity contribution in [2.75, 3.05) is 24.5 Å². The molecule has 0 aliphatic carbocycles. The van der Waals surface area contributed by atoms with Gasteiger partial charge in [-0.3, -0.25) is 4.79 Å². The molecule has 3 amide bonds. The number of benzene rings is 2. The summed E-state index contributed by atoms with van der Waals surface area (Å²) >= 11 is 9.78. The summed E-state index contributed by atoms with van der Waals surface area (Å²) in [7, 11) is 0. The first-order valence-electron chi connectivity index (χ1n) is 10.8. The Kier molecular flexibility index (Phi) is 7.31. The molecule has 0 spiro atoms. The van der Waals surface area contributed by atoms with Crippen LogP contribution >= 0.6 is 27.5 Å². The van der Waals surface area contributed by atoms with Crippen LogP contribution in [0.5, 0.6) is 0 Å². The highest BCUT2D eigenvalue weighted by molar-refractivity contribution is 9.10. The number of hydrogen-bond acceptors (Lipinski definition) is 3. The van der Waals surface area contributed by atoms with Crippen LogP contribution in [0.15, 0.2) is 53.0 Å². The number of para-hydroxylation sites is 1. The first-order valence-corrected chi connectivity index (χ1v) is 12.0. The molecule has 2 aliphatic heterocycles. The number of carbonyl (C=O) groups is 2. The fourth-order valence-corrected chi connectivity index (χ4v) is 5.08. The zero-order valence-corrected chi connectivity index (χ0v) is 19.7. The molecule has 2 aliphatic rings. The number of imide groups is 1. The maximum absolute atomic E-state index is 12.6. The lowest BCUT2D eigenvalue weighted by molar-refractivity contribution is -0.119. The topological polar surface area (TPSA) is 52.7 Å².